The van der Waals surface area contributed by atoms with E-state index in [0.29, 0.717) is 30.6 Å². The molecule has 6 nitrogen and oxygen atoms in total. The van der Waals surface area contributed by atoms with Crippen LogP contribution in [-0.4, -0.2) is 41.2 Å². The van der Waals surface area contributed by atoms with E-state index in [9.17, 15) is 4.79 Å². The molecule has 4 heterocycles. The Morgan fingerprint density at radius 2 is 1.88 bits per heavy atom. The number of carbonyl (C=O) groups is 1. The third-order valence-corrected chi connectivity index (χ3v) is 5.15. The quantitative estimate of drug-likeness (QED) is 0.842. The first-order chi connectivity index (χ1) is 12.6. The molecule has 0 N–H and O–H groups in total. The number of carbonyl (C=O) groups excluding carboxylic acids is 1. The monoisotopic (exact) mass is 355 g/mol. The lowest BCUT2D eigenvalue weighted by molar-refractivity contribution is -0.135. The third-order valence-electron chi connectivity index (χ3n) is 5.15. The third kappa shape index (κ3) is 3.46. The molecule has 3 atom stereocenters. The van der Waals surface area contributed by atoms with Crippen molar-refractivity contribution in [2.75, 3.05) is 19.6 Å². The van der Waals surface area contributed by atoms with Gasteiger partial charge in [-0.1, -0.05) is 13.8 Å². The molecule has 1 amide bonds. The van der Waals surface area contributed by atoms with E-state index in [0.717, 1.165) is 24.6 Å². The Labute approximate surface area is 153 Å². The normalized spacial score (nSPS) is 26.9. The van der Waals surface area contributed by atoms with E-state index in [4.69, 9.17) is 8.83 Å². The first kappa shape index (κ1) is 17.1. The maximum atomic E-state index is 13.1. The minimum absolute atomic E-state index is 0.00857. The fourth-order valence-electron chi connectivity index (χ4n) is 4.22. The summed E-state index contributed by atoms with van der Waals surface area (Å²) in [5.74, 6) is 2.71. The molecular weight excluding hydrogens is 330 g/mol. The highest BCUT2D eigenvalue weighted by Gasteiger charge is 2.36. The van der Waals surface area contributed by atoms with Crippen molar-refractivity contribution in [1.82, 2.24) is 9.91 Å². The molecule has 4 rings (SSSR count). The van der Waals surface area contributed by atoms with Crippen molar-refractivity contribution in [1.29, 1.82) is 0 Å². The summed E-state index contributed by atoms with van der Waals surface area (Å²) >= 11 is 0. The van der Waals surface area contributed by atoms with E-state index in [-0.39, 0.29) is 11.9 Å². The lowest BCUT2D eigenvalue weighted by atomic mass is 9.92. The van der Waals surface area contributed by atoms with Gasteiger partial charge in [-0.3, -0.25) is 9.69 Å². The molecule has 0 spiro atoms. The van der Waals surface area contributed by atoms with Crippen molar-refractivity contribution < 1.29 is 13.6 Å². The van der Waals surface area contributed by atoms with Gasteiger partial charge >= 0.3 is 0 Å². The van der Waals surface area contributed by atoms with E-state index in [1.165, 1.54) is 6.42 Å². The van der Waals surface area contributed by atoms with Crippen molar-refractivity contribution in [3.05, 3.63) is 48.3 Å². The molecule has 2 aromatic rings. The predicted molar refractivity (Wildman–Crippen MR) is 97.5 cm³/mol. The summed E-state index contributed by atoms with van der Waals surface area (Å²) in [4.78, 5) is 15.3. The van der Waals surface area contributed by atoms with Gasteiger partial charge in [0.05, 0.1) is 19.1 Å². The van der Waals surface area contributed by atoms with Crippen LogP contribution in [-0.2, 0) is 4.79 Å². The van der Waals surface area contributed by atoms with Crippen molar-refractivity contribution in [2.24, 2.45) is 16.9 Å². The summed E-state index contributed by atoms with van der Waals surface area (Å²) in [7, 11) is 0. The fourth-order valence-corrected chi connectivity index (χ4v) is 4.22. The summed E-state index contributed by atoms with van der Waals surface area (Å²) in [6.07, 6.45) is 5.08. The molecule has 1 saturated heterocycles. The average Bonchev–Trinajstić information content (AvgIpc) is 3.33. The van der Waals surface area contributed by atoms with Gasteiger partial charge in [0.15, 0.2) is 0 Å². The first-order valence-electron chi connectivity index (χ1n) is 9.29. The lowest BCUT2D eigenvalue weighted by Gasteiger charge is -2.35. The Hall–Kier alpha value is -2.34. The summed E-state index contributed by atoms with van der Waals surface area (Å²) < 4.78 is 11.1. The second-order valence-corrected chi connectivity index (χ2v) is 7.64. The van der Waals surface area contributed by atoms with Gasteiger partial charge in [0.2, 0.25) is 0 Å². The van der Waals surface area contributed by atoms with Crippen LogP contribution in [0.5, 0.6) is 0 Å². The zero-order valence-corrected chi connectivity index (χ0v) is 15.3. The molecule has 2 aromatic heterocycles. The zero-order chi connectivity index (χ0) is 18.1. The highest BCUT2D eigenvalue weighted by molar-refractivity contribution is 6.01. The summed E-state index contributed by atoms with van der Waals surface area (Å²) in [5, 5.41) is 6.18. The molecule has 2 aliphatic heterocycles. The Kier molecular flexibility index (Phi) is 4.68. The molecule has 1 fully saturated rings. The van der Waals surface area contributed by atoms with Gasteiger partial charge in [0, 0.05) is 19.5 Å². The molecule has 0 radical (unpaired) electrons. The first-order valence-corrected chi connectivity index (χ1v) is 9.29. The number of hydrazone groups is 1. The molecule has 0 unspecified atom stereocenters. The van der Waals surface area contributed by atoms with Gasteiger partial charge in [-0.15, -0.1) is 0 Å². The van der Waals surface area contributed by atoms with Crippen LogP contribution in [0.15, 0.2) is 50.7 Å². The second-order valence-electron chi connectivity index (χ2n) is 7.64. The van der Waals surface area contributed by atoms with Gasteiger partial charge in [0.25, 0.3) is 5.91 Å². The molecule has 138 valence electrons. The van der Waals surface area contributed by atoms with E-state index < -0.39 is 0 Å². The zero-order valence-electron chi connectivity index (χ0n) is 15.3. The number of likely N-dealkylation sites (tertiary alicyclic amines) is 1. The largest absolute Gasteiger partial charge is 0.467 e. The molecule has 0 saturated carbocycles. The number of amides is 1. The van der Waals surface area contributed by atoms with Crippen LogP contribution in [0, 0.1) is 11.8 Å². The number of piperidine rings is 1. The topological polar surface area (TPSA) is 62.2 Å². The van der Waals surface area contributed by atoms with E-state index in [2.05, 4.69) is 23.8 Å². The van der Waals surface area contributed by atoms with Crippen LogP contribution < -0.4 is 0 Å². The number of hydrogen-bond donors (Lipinski definition) is 0. The van der Waals surface area contributed by atoms with Crippen LogP contribution in [0.4, 0.5) is 0 Å². The number of nitrogens with zero attached hydrogens (tertiary/aromatic N) is 3. The molecule has 6 heteroatoms. The highest BCUT2D eigenvalue weighted by Crippen LogP contribution is 2.33. The Morgan fingerprint density at radius 1 is 1.15 bits per heavy atom. The molecule has 2 aliphatic rings. The van der Waals surface area contributed by atoms with E-state index in [1.807, 2.05) is 24.3 Å². The van der Waals surface area contributed by atoms with Crippen LogP contribution in [0.2, 0.25) is 0 Å². The second kappa shape index (κ2) is 7.11. The van der Waals surface area contributed by atoms with Gasteiger partial charge in [-0.05, 0) is 42.5 Å². The van der Waals surface area contributed by atoms with Crippen LogP contribution in [0.25, 0.3) is 0 Å². The predicted octanol–water partition coefficient (Wildman–Crippen LogP) is 3.53. The molecule has 0 bridgehead atoms. The standard InChI is InChI=1S/C20H25N3O3/c1-14-9-15(2)12-22(11-14)13-20(24)23-17(19-6-4-8-26-19)10-16(21-23)18-5-3-7-25-18/h3-8,14-15,17H,9-13H2,1-2H3/t14-,15-,17-/m1/s1. The van der Waals surface area contributed by atoms with Gasteiger partial charge in [-0.25, -0.2) is 5.01 Å². The maximum absolute atomic E-state index is 13.1. The average molecular weight is 355 g/mol. The van der Waals surface area contributed by atoms with Crippen LogP contribution in [0.3, 0.4) is 0 Å². The van der Waals surface area contributed by atoms with Gasteiger partial charge < -0.3 is 8.83 Å². The summed E-state index contributed by atoms with van der Waals surface area (Å²) in [6.45, 7) is 6.82. The van der Waals surface area contributed by atoms with Crippen LogP contribution in [0.1, 0.15) is 44.3 Å². The Balaban J connectivity index is 1.53. The van der Waals surface area contributed by atoms with Gasteiger partial charge in [0.1, 0.15) is 23.3 Å². The molecule has 0 aliphatic carbocycles. The fraction of sp³-hybridized carbons (Fsp3) is 0.500. The number of rotatable bonds is 4. The molecule has 0 aromatic carbocycles. The highest BCUT2D eigenvalue weighted by atomic mass is 16.3. The molecular formula is C20H25N3O3. The van der Waals surface area contributed by atoms with Crippen molar-refractivity contribution in [3.63, 3.8) is 0 Å². The smallest absolute Gasteiger partial charge is 0.257 e. The van der Waals surface area contributed by atoms with E-state index >= 15 is 0 Å². The van der Waals surface area contributed by atoms with Crippen molar-refractivity contribution >= 4 is 11.6 Å². The summed E-state index contributed by atoms with van der Waals surface area (Å²) in [6, 6.07) is 7.24. The number of hydrogen-bond acceptors (Lipinski definition) is 5. The Morgan fingerprint density at radius 3 is 2.54 bits per heavy atom. The summed E-state index contributed by atoms with van der Waals surface area (Å²) in [5.41, 5.74) is 0.783. The minimum Gasteiger partial charge on any atom is -0.467 e. The van der Waals surface area contributed by atoms with Crippen LogP contribution >= 0.6 is 0 Å². The lowest BCUT2D eigenvalue weighted by Crippen LogP contribution is -2.44. The Bertz CT molecular complexity index is 756. The van der Waals surface area contributed by atoms with Crippen molar-refractivity contribution in [2.45, 2.75) is 32.7 Å². The van der Waals surface area contributed by atoms with E-state index in [1.54, 1.807) is 17.5 Å². The number of furan rings is 2. The minimum atomic E-state index is -0.211. The van der Waals surface area contributed by atoms with Gasteiger partial charge in [-0.2, -0.15) is 5.10 Å². The SMILES string of the molecule is C[C@@H]1C[C@@H](C)CN(CC(=O)N2N=C(c3ccco3)C[C@@H]2c2ccco2)C1. The molecule has 26 heavy (non-hydrogen) atoms. The van der Waals surface area contributed by atoms with Crippen molar-refractivity contribution in [3.8, 4) is 0 Å². The maximum Gasteiger partial charge on any atom is 0.257 e.